The number of carbonyl (C=O) groups excluding carboxylic acids is 3. The molecule has 1 aliphatic rings. The first-order valence-electron chi connectivity index (χ1n) is 11.5. The zero-order chi connectivity index (χ0) is 26.0. The average molecular weight is 499 g/mol. The van der Waals surface area contributed by atoms with Gasteiger partial charge in [0.1, 0.15) is 0 Å². The van der Waals surface area contributed by atoms with E-state index in [0.29, 0.717) is 25.1 Å². The van der Waals surface area contributed by atoms with Crippen LogP contribution in [0.3, 0.4) is 0 Å². The molecule has 0 spiro atoms. The van der Waals surface area contributed by atoms with Gasteiger partial charge in [-0.2, -0.15) is 18.3 Å². The van der Waals surface area contributed by atoms with Crippen molar-refractivity contribution < 1.29 is 27.6 Å². The minimum Gasteiger partial charge on any atom is -0.335 e. The van der Waals surface area contributed by atoms with Crippen molar-refractivity contribution in [2.75, 3.05) is 18.4 Å². The summed E-state index contributed by atoms with van der Waals surface area (Å²) in [6.45, 7) is 3.50. The Hall–Kier alpha value is -3.95. The van der Waals surface area contributed by atoms with Gasteiger partial charge in [0.2, 0.25) is 5.91 Å². The smallest absolute Gasteiger partial charge is 0.335 e. The van der Waals surface area contributed by atoms with Crippen molar-refractivity contribution in [1.82, 2.24) is 14.7 Å². The number of aromatic nitrogens is 2. The van der Waals surface area contributed by atoms with Gasteiger partial charge >= 0.3 is 6.18 Å². The molecule has 1 aromatic heterocycles. The molecule has 188 valence electrons. The molecule has 0 radical (unpaired) electrons. The Bertz CT molecular complexity index is 1300. The summed E-state index contributed by atoms with van der Waals surface area (Å²) in [5, 5.41) is 7.07. The van der Waals surface area contributed by atoms with Crippen molar-refractivity contribution in [2.24, 2.45) is 5.92 Å². The van der Waals surface area contributed by atoms with E-state index in [0.717, 1.165) is 12.1 Å². The van der Waals surface area contributed by atoms with Crippen LogP contribution in [0, 0.1) is 19.8 Å². The molecule has 1 fully saturated rings. The van der Waals surface area contributed by atoms with Gasteiger partial charge in [0, 0.05) is 18.8 Å². The lowest BCUT2D eigenvalue weighted by atomic mass is 9.96. The van der Waals surface area contributed by atoms with Crippen LogP contribution in [-0.2, 0) is 15.8 Å². The largest absolute Gasteiger partial charge is 0.416 e. The number of aryl methyl sites for hydroxylation is 1. The number of likely N-dealkylation sites (tertiary alicyclic amines) is 1. The molecule has 3 aromatic rings. The van der Waals surface area contributed by atoms with Crippen molar-refractivity contribution in [3.63, 3.8) is 0 Å². The number of amides is 2. The van der Waals surface area contributed by atoms with E-state index in [9.17, 15) is 27.6 Å². The number of anilines is 1. The lowest BCUT2D eigenvalue weighted by Gasteiger charge is -2.31. The number of ketones is 1. The number of Topliss-reactive ketones (excluding diaryl/α,β-unsaturated/α-hetero) is 1. The van der Waals surface area contributed by atoms with Crippen LogP contribution in [0.2, 0.25) is 0 Å². The molecule has 10 heteroatoms. The maximum Gasteiger partial charge on any atom is 0.416 e. The van der Waals surface area contributed by atoms with E-state index < -0.39 is 29.3 Å². The van der Waals surface area contributed by atoms with Crippen LogP contribution in [0.25, 0.3) is 5.69 Å². The Morgan fingerprint density at radius 1 is 1.03 bits per heavy atom. The quantitative estimate of drug-likeness (QED) is 0.413. The molecule has 1 N–H and O–H groups in total. The van der Waals surface area contributed by atoms with E-state index in [2.05, 4.69) is 10.4 Å². The summed E-state index contributed by atoms with van der Waals surface area (Å²) in [4.78, 5) is 40.4. The Labute approximate surface area is 205 Å². The molecule has 1 atom stereocenters. The predicted molar refractivity (Wildman–Crippen MR) is 127 cm³/mol. The Morgan fingerprint density at radius 2 is 1.75 bits per heavy atom. The van der Waals surface area contributed by atoms with Crippen LogP contribution in [0.5, 0.6) is 0 Å². The van der Waals surface area contributed by atoms with Gasteiger partial charge in [0.15, 0.2) is 0 Å². The molecule has 2 heterocycles. The summed E-state index contributed by atoms with van der Waals surface area (Å²) in [6, 6.07) is 13.6. The van der Waals surface area contributed by atoms with E-state index in [1.54, 1.807) is 24.3 Å². The number of benzene rings is 2. The Kier molecular flexibility index (Phi) is 6.96. The summed E-state index contributed by atoms with van der Waals surface area (Å²) in [5.41, 5.74) is 0.486. The van der Waals surface area contributed by atoms with Crippen LogP contribution in [0.4, 0.5) is 18.9 Å². The molecule has 1 saturated heterocycles. The van der Waals surface area contributed by atoms with Crippen molar-refractivity contribution in [2.45, 2.75) is 32.9 Å². The number of nitrogens with zero attached hydrogens (tertiary/aromatic N) is 3. The van der Waals surface area contributed by atoms with Crippen LogP contribution < -0.4 is 5.32 Å². The monoisotopic (exact) mass is 498 g/mol. The van der Waals surface area contributed by atoms with Gasteiger partial charge in [0.05, 0.1) is 34.1 Å². The molecule has 0 bridgehead atoms. The molecule has 7 nitrogen and oxygen atoms in total. The molecule has 1 unspecified atom stereocenters. The highest BCUT2D eigenvalue weighted by Gasteiger charge is 2.34. The standard InChI is InChI=1S/C26H25F3N4O3/c1-16-22(17(2)33(31-16)21-12-6-9-19(14-21)26(27,28)29)23(34)25(36)32-13-7-8-18(15-32)24(35)30-20-10-4-3-5-11-20/h3-6,9-12,14,18H,7-8,13,15H2,1-2H3,(H,30,35). The van der Waals surface area contributed by atoms with E-state index in [4.69, 9.17) is 0 Å². The van der Waals surface area contributed by atoms with Gasteiger partial charge in [-0.25, -0.2) is 4.68 Å². The SMILES string of the molecule is Cc1nn(-c2cccc(C(F)(F)F)c2)c(C)c1C(=O)C(=O)N1CCCC(C(=O)Nc2ccccc2)C1. The van der Waals surface area contributed by atoms with E-state index in [1.165, 1.54) is 35.6 Å². The van der Waals surface area contributed by atoms with Gasteiger partial charge < -0.3 is 10.2 Å². The third kappa shape index (κ3) is 5.17. The summed E-state index contributed by atoms with van der Waals surface area (Å²) >= 11 is 0. The predicted octanol–water partition coefficient (Wildman–Crippen LogP) is 4.57. The van der Waals surface area contributed by atoms with E-state index >= 15 is 0 Å². The maximum absolute atomic E-state index is 13.2. The van der Waals surface area contributed by atoms with Crippen LogP contribution >= 0.6 is 0 Å². The fraction of sp³-hybridized carbons (Fsp3) is 0.308. The lowest BCUT2D eigenvalue weighted by Crippen LogP contribution is -2.46. The topological polar surface area (TPSA) is 84.3 Å². The van der Waals surface area contributed by atoms with Gasteiger partial charge in [0.25, 0.3) is 11.7 Å². The van der Waals surface area contributed by atoms with Gasteiger partial charge in [-0.1, -0.05) is 24.3 Å². The molecule has 1 aliphatic heterocycles. The minimum absolute atomic E-state index is 0.0493. The number of piperidine rings is 1. The third-order valence-corrected chi connectivity index (χ3v) is 6.25. The zero-order valence-corrected chi connectivity index (χ0v) is 19.8. The number of rotatable bonds is 5. The van der Waals surface area contributed by atoms with Crippen molar-refractivity contribution in [1.29, 1.82) is 0 Å². The van der Waals surface area contributed by atoms with Crippen LogP contribution in [0.15, 0.2) is 54.6 Å². The number of halogens is 3. The first-order chi connectivity index (χ1) is 17.1. The number of alkyl halides is 3. The molecule has 2 amide bonds. The summed E-state index contributed by atoms with van der Waals surface area (Å²) in [6.07, 6.45) is -3.38. The fourth-order valence-corrected chi connectivity index (χ4v) is 4.43. The summed E-state index contributed by atoms with van der Waals surface area (Å²) in [7, 11) is 0. The first kappa shape index (κ1) is 25.2. The second kappa shape index (κ2) is 9.96. The molecular weight excluding hydrogens is 473 g/mol. The molecule has 4 rings (SSSR count). The number of hydrogen-bond donors (Lipinski definition) is 1. The van der Waals surface area contributed by atoms with Gasteiger partial charge in [-0.3, -0.25) is 14.4 Å². The number of hydrogen-bond acceptors (Lipinski definition) is 4. The molecule has 0 saturated carbocycles. The van der Waals surface area contributed by atoms with E-state index in [-0.39, 0.29) is 35.1 Å². The fourth-order valence-electron chi connectivity index (χ4n) is 4.43. The van der Waals surface area contributed by atoms with Crippen molar-refractivity contribution in [3.8, 4) is 5.69 Å². The maximum atomic E-state index is 13.2. The minimum atomic E-state index is -4.53. The highest BCUT2D eigenvalue weighted by atomic mass is 19.4. The second-order valence-electron chi connectivity index (χ2n) is 8.78. The average Bonchev–Trinajstić information content (AvgIpc) is 3.17. The van der Waals surface area contributed by atoms with Crippen molar-refractivity contribution >= 4 is 23.3 Å². The molecule has 36 heavy (non-hydrogen) atoms. The Balaban J connectivity index is 1.52. The lowest BCUT2D eigenvalue weighted by molar-refractivity contribution is -0.137. The summed E-state index contributed by atoms with van der Waals surface area (Å²) in [5.74, 6) is -2.25. The highest BCUT2D eigenvalue weighted by Crippen LogP contribution is 2.31. The molecule has 0 aliphatic carbocycles. The first-order valence-corrected chi connectivity index (χ1v) is 11.5. The summed E-state index contributed by atoms with van der Waals surface area (Å²) < 4.78 is 40.7. The second-order valence-corrected chi connectivity index (χ2v) is 8.78. The number of nitrogens with one attached hydrogen (secondary N) is 1. The normalized spacial score (nSPS) is 16.0. The van der Waals surface area contributed by atoms with Crippen molar-refractivity contribution in [3.05, 3.63) is 77.1 Å². The zero-order valence-electron chi connectivity index (χ0n) is 19.8. The highest BCUT2D eigenvalue weighted by molar-refractivity contribution is 6.43. The van der Waals surface area contributed by atoms with Crippen LogP contribution in [-0.4, -0.2) is 45.4 Å². The molecular formula is C26H25F3N4O3. The third-order valence-electron chi connectivity index (χ3n) is 6.25. The van der Waals surface area contributed by atoms with Gasteiger partial charge in [-0.15, -0.1) is 0 Å². The Morgan fingerprint density at radius 3 is 2.44 bits per heavy atom. The number of carbonyl (C=O) groups is 3. The number of para-hydroxylation sites is 1. The van der Waals surface area contributed by atoms with E-state index in [1.807, 2.05) is 6.07 Å². The van der Waals surface area contributed by atoms with Crippen LogP contribution in [0.1, 0.15) is 40.2 Å². The van der Waals surface area contributed by atoms with Gasteiger partial charge in [-0.05, 0) is 57.0 Å². The molecule has 2 aromatic carbocycles.